The maximum absolute atomic E-state index is 12.2. The number of amides is 1. The van der Waals surface area contributed by atoms with Crippen molar-refractivity contribution >= 4 is 5.91 Å². The van der Waals surface area contributed by atoms with E-state index in [1.807, 2.05) is 30.3 Å². The van der Waals surface area contributed by atoms with Gasteiger partial charge in [-0.1, -0.05) is 31.0 Å². The van der Waals surface area contributed by atoms with Gasteiger partial charge in [0.25, 0.3) is 5.91 Å². The molecular weight excluding hydrogens is 292 g/mol. The van der Waals surface area contributed by atoms with E-state index >= 15 is 0 Å². The quantitative estimate of drug-likeness (QED) is 0.890. The largest absolute Gasteiger partial charge is 0.457 e. The molecule has 1 aromatic carbocycles. The predicted octanol–water partition coefficient (Wildman–Crippen LogP) is 2.91. The molecule has 2 aromatic rings. The Morgan fingerprint density at radius 2 is 1.91 bits per heavy atom. The summed E-state index contributed by atoms with van der Waals surface area (Å²) in [6, 6.07) is 12.7. The Bertz CT molecular complexity index is 667. The molecule has 1 aliphatic rings. The number of hydrogen-bond acceptors (Lipinski definition) is 4. The van der Waals surface area contributed by atoms with Gasteiger partial charge in [0.2, 0.25) is 0 Å². The maximum atomic E-state index is 12.2. The molecule has 0 radical (unpaired) electrons. The summed E-state index contributed by atoms with van der Waals surface area (Å²) in [5.41, 5.74) is -0.492. The molecule has 3 rings (SSSR count). The van der Waals surface area contributed by atoms with E-state index in [1.54, 1.807) is 12.1 Å². The van der Waals surface area contributed by atoms with Crippen molar-refractivity contribution in [2.45, 2.75) is 31.3 Å². The summed E-state index contributed by atoms with van der Waals surface area (Å²) in [7, 11) is 0. The Kier molecular flexibility index (Phi) is 4.57. The van der Waals surface area contributed by atoms with Crippen molar-refractivity contribution in [3.8, 4) is 11.5 Å². The highest BCUT2D eigenvalue weighted by Gasteiger charge is 2.31. The van der Waals surface area contributed by atoms with Crippen LogP contribution in [0, 0.1) is 0 Å². The van der Waals surface area contributed by atoms with E-state index in [4.69, 9.17) is 4.74 Å². The number of para-hydroxylation sites is 1. The van der Waals surface area contributed by atoms with Gasteiger partial charge in [-0.3, -0.25) is 9.78 Å². The van der Waals surface area contributed by atoms with Gasteiger partial charge in [0.1, 0.15) is 17.2 Å². The van der Waals surface area contributed by atoms with Crippen molar-refractivity contribution in [2.75, 3.05) is 6.54 Å². The van der Waals surface area contributed by atoms with Crippen molar-refractivity contribution in [1.82, 2.24) is 10.3 Å². The Morgan fingerprint density at radius 1 is 1.17 bits per heavy atom. The average Bonchev–Trinajstić information content (AvgIpc) is 3.01. The topological polar surface area (TPSA) is 71.5 Å². The number of rotatable bonds is 5. The summed E-state index contributed by atoms with van der Waals surface area (Å²) < 4.78 is 5.70. The first-order chi connectivity index (χ1) is 11.1. The van der Waals surface area contributed by atoms with Gasteiger partial charge in [-0.2, -0.15) is 0 Å². The third-order valence-electron chi connectivity index (χ3n) is 4.06. The minimum absolute atomic E-state index is 0.261. The van der Waals surface area contributed by atoms with Crippen molar-refractivity contribution < 1.29 is 14.6 Å². The number of aliphatic hydroxyl groups is 1. The monoisotopic (exact) mass is 312 g/mol. The van der Waals surface area contributed by atoms with Crippen LogP contribution in [0.1, 0.15) is 36.2 Å². The highest BCUT2D eigenvalue weighted by molar-refractivity contribution is 5.92. The van der Waals surface area contributed by atoms with Crippen molar-refractivity contribution in [3.05, 3.63) is 54.4 Å². The number of carbonyl (C=O) groups is 1. The lowest BCUT2D eigenvalue weighted by atomic mass is 10.0. The first-order valence-electron chi connectivity index (χ1n) is 7.84. The predicted molar refractivity (Wildman–Crippen MR) is 86.5 cm³/mol. The van der Waals surface area contributed by atoms with Crippen LogP contribution in [-0.4, -0.2) is 28.1 Å². The molecule has 1 heterocycles. The molecule has 120 valence electrons. The number of nitrogens with one attached hydrogen (secondary N) is 1. The molecule has 5 heteroatoms. The number of pyridine rings is 1. The molecule has 0 spiro atoms. The van der Waals surface area contributed by atoms with E-state index in [-0.39, 0.29) is 18.1 Å². The van der Waals surface area contributed by atoms with Gasteiger partial charge in [-0.15, -0.1) is 0 Å². The lowest BCUT2D eigenvalue weighted by Crippen LogP contribution is -2.41. The molecule has 1 aliphatic carbocycles. The minimum Gasteiger partial charge on any atom is -0.457 e. The molecule has 0 saturated heterocycles. The summed E-state index contributed by atoms with van der Waals surface area (Å²) in [6.45, 7) is 0.261. The van der Waals surface area contributed by atoms with Gasteiger partial charge in [0.15, 0.2) is 0 Å². The summed E-state index contributed by atoms with van der Waals surface area (Å²) in [5, 5.41) is 13.0. The van der Waals surface area contributed by atoms with Crippen LogP contribution in [0.3, 0.4) is 0 Å². The molecule has 23 heavy (non-hydrogen) atoms. The first-order valence-corrected chi connectivity index (χ1v) is 7.84. The first kappa shape index (κ1) is 15.5. The van der Waals surface area contributed by atoms with Crippen LogP contribution >= 0.6 is 0 Å². The molecule has 5 nitrogen and oxygen atoms in total. The third-order valence-corrected chi connectivity index (χ3v) is 4.06. The lowest BCUT2D eigenvalue weighted by Gasteiger charge is -2.22. The standard InChI is InChI=1S/C18H20N2O3/c21-17(20-13-18(22)9-4-5-10-18)16-12-15(8-11-19-16)23-14-6-2-1-3-7-14/h1-3,6-8,11-12,22H,4-5,9-10,13H2,(H,20,21). The number of benzene rings is 1. The van der Waals surface area contributed by atoms with Crippen molar-refractivity contribution in [2.24, 2.45) is 0 Å². The van der Waals surface area contributed by atoms with E-state index in [2.05, 4.69) is 10.3 Å². The highest BCUT2D eigenvalue weighted by Crippen LogP contribution is 2.28. The second kappa shape index (κ2) is 6.79. The Balaban J connectivity index is 1.63. The van der Waals surface area contributed by atoms with E-state index in [9.17, 15) is 9.90 Å². The van der Waals surface area contributed by atoms with Crippen molar-refractivity contribution in [3.63, 3.8) is 0 Å². The molecule has 1 amide bonds. The van der Waals surface area contributed by atoms with Gasteiger partial charge >= 0.3 is 0 Å². The highest BCUT2D eigenvalue weighted by atomic mass is 16.5. The van der Waals surface area contributed by atoms with E-state index in [1.165, 1.54) is 6.20 Å². The van der Waals surface area contributed by atoms with Crippen LogP contribution in [0.4, 0.5) is 0 Å². The van der Waals surface area contributed by atoms with Crippen LogP contribution in [0.15, 0.2) is 48.7 Å². The SMILES string of the molecule is O=C(NCC1(O)CCCC1)c1cc(Oc2ccccc2)ccn1. The van der Waals surface area contributed by atoms with Gasteiger partial charge in [0, 0.05) is 18.8 Å². The molecule has 1 saturated carbocycles. The number of carbonyl (C=O) groups excluding carboxylic acids is 1. The number of nitrogens with zero attached hydrogens (tertiary/aromatic N) is 1. The number of ether oxygens (including phenoxy) is 1. The third kappa shape index (κ3) is 4.07. The van der Waals surface area contributed by atoms with Gasteiger partial charge in [-0.25, -0.2) is 0 Å². The lowest BCUT2D eigenvalue weighted by molar-refractivity contribution is 0.0448. The van der Waals surface area contributed by atoms with Crippen LogP contribution in [0.5, 0.6) is 11.5 Å². The Labute approximate surface area is 135 Å². The van der Waals surface area contributed by atoms with E-state index in [0.29, 0.717) is 11.5 Å². The Hall–Kier alpha value is -2.40. The van der Waals surface area contributed by atoms with Gasteiger partial charge < -0.3 is 15.2 Å². The molecule has 0 bridgehead atoms. The fraction of sp³-hybridized carbons (Fsp3) is 0.333. The van der Waals surface area contributed by atoms with Gasteiger partial charge in [-0.05, 0) is 31.0 Å². The number of hydrogen-bond donors (Lipinski definition) is 2. The van der Waals surface area contributed by atoms with Gasteiger partial charge in [0.05, 0.1) is 5.60 Å². The molecule has 2 N–H and O–H groups in total. The zero-order valence-corrected chi connectivity index (χ0v) is 12.9. The normalized spacial score (nSPS) is 16.0. The van der Waals surface area contributed by atoms with Crippen LogP contribution in [0.25, 0.3) is 0 Å². The molecule has 0 aliphatic heterocycles. The summed E-state index contributed by atoms with van der Waals surface area (Å²) in [6.07, 6.45) is 5.02. The fourth-order valence-electron chi connectivity index (χ4n) is 2.77. The molecule has 1 aromatic heterocycles. The molecule has 0 unspecified atom stereocenters. The second-order valence-corrected chi connectivity index (χ2v) is 5.91. The zero-order valence-electron chi connectivity index (χ0n) is 12.9. The second-order valence-electron chi connectivity index (χ2n) is 5.91. The zero-order chi connectivity index (χ0) is 16.1. The summed E-state index contributed by atoms with van der Waals surface area (Å²) >= 11 is 0. The molecular formula is C18H20N2O3. The van der Waals surface area contributed by atoms with E-state index < -0.39 is 5.60 Å². The van der Waals surface area contributed by atoms with E-state index in [0.717, 1.165) is 25.7 Å². The molecule has 0 atom stereocenters. The summed E-state index contributed by atoms with van der Waals surface area (Å²) in [5.74, 6) is 0.949. The Morgan fingerprint density at radius 3 is 2.65 bits per heavy atom. The van der Waals surface area contributed by atoms with Crippen LogP contribution < -0.4 is 10.1 Å². The van der Waals surface area contributed by atoms with Crippen LogP contribution in [0.2, 0.25) is 0 Å². The summed E-state index contributed by atoms with van der Waals surface area (Å²) in [4.78, 5) is 16.3. The molecule has 1 fully saturated rings. The maximum Gasteiger partial charge on any atom is 0.270 e. The number of aromatic nitrogens is 1. The fourth-order valence-corrected chi connectivity index (χ4v) is 2.77. The van der Waals surface area contributed by atoms with Crippen molar-refractivity contribution in [1.29, 1.82) is 0 Å². The van der Waals surface area contributed by atoms with Crippen LogP contribution in [-0.2, 0) is 0 Å². The smallest absolute Gasteiger partial charge is 0.270 e. The average molecular weight is 312 g/mol. The minimum atomic E-state index is -0.770.